The zero-order valence-corrected chi connectivity index (χ0v) is 19.9. The first-order valence-corrected chi connectivity index (χ1v) is 10.9. The number of nitrogens with one attached hydrogen (secondary N) is 1. The number of aliphatic imine (C=N–C) groups is 1. The molecule has 0 radical (unpaired) electrons. The van der Waals surface area contributed by atoms with Gasteiger partial charge in [0.05, 0.1) is 17.2 Å². The van der Waals surface area contributed by atoms with Crippen molar-refractivity contribution in [2.75, 3.05) is 20.3 Å². The van der Waals surface area contributed by atoms with Crippen molar-refractivity contribution in [2.45, 2.75) is 13.8 Å². The number of halogens is 1. The molecule has 1 N–H and O–H groups in total. The third kappa shape index (κ3) is 4.93. The van der Waals surface area contributed by atoms with Gasteiger partial charge in [-0.3, -0.25) is 10.2 Å². The van der Waals surface area contributed by atoms with Crippen molar-refractivity contribution in [1.82, 2.24) is 5.06 Å². The van der Waals surface area contributed by atoms with E-state index in [4.69, 9.17) is 24.5 Å². The summed E-state index contributed by atoms with van der Waals surface area (Å²) in [5.41, 5.74) is 1.94. The number of allylic oxidation sites excluding steroid dienone is 1. The maximum absolute atomic E-state index is 12.4. The van der Waals surface area contributed by atoms with Crippen LogP contribution in [0.4, 0.5) is 0 Å². The van der Waals surface area contributed by atoms with Crippen molar-refractivity contribution in [3.8, 4) is 17.2 Å². The lowest BCUT2D eigenvalue weighted by Gasteiger charge is -2.23. The molecule has 2 aliphatic heterocycles. The van der Waals surface area contributed by atoms with Crippen LogP contribution < -0.4 is 14.2 Å². The fraction of sp³-hybridized carbons (Fsp3) is 0.208. The Hall–Kier alpha value is -3.59. The third-order valence-electron chi connectivity index (χ3n) is 4.86. The van der Waals surface area contributed by atoms with Crippen LogP contribution in [0.5, 0.6) is 17.2 Å². The fourth-order valence-corrected chi connectivity index (χ4v) is 3.80. The lowest BCUT2D eigenvalue weighted by Crippen LogP contribution is -2.38. The monoisotopic (exact) mass is 511 g/mol. The first-order valence-electron chi connectivity index (χ1n) is 10.2. The van der Waals surface area contributed by atoms with Crippen LogP contribution >= 0.6 is 15.9 Å². The predicted molar refractivity (Wildman–Crippen MR) is 128 cm³/mol. The normalized spacial score (nSPS) is 16.2. The smallest absolute Gasteiger partial charge is 0.282 e. The quantitative estimate of drug-likeness (QED) is 0.428. The molecule has 0 aromatic heterocycles. The Morgan fingerprint density at radius 3 is 2.55 bits per heavy atom. The Balaban J connectivity index is 1.39. The average Bonchev–Trinajstić information content (AvgIpc) is 3.16. The molecule has 0 fully saturated rings. The number of ether oxygens (including phenoxy) is 3. The molecule has 1 amide bonds. The van der Waals surface area contributed by atoms with E-state index in [9.17, 15) is 4.79 Å². The van der Waals surface area contributed by atoms with E-state index in [0.717, 1.165) is 5.56 Å². The lowest BCUT2D eigenvalue weighted by atomic mass is 10.1. The number of hydroxylamine groups is 2. The van der Waals surface area contributed by atoms with E-state index in [1.54, 1.807) is 44.4 Å². The van der Waals surface area contributed by atoms with Crippen LogP contribution in [0.1, 0.15) is 18.1 Å². The Kier molecular flexibility index (Phi) is 6.50. The second-order valence-electron chi connectivity index (χ2n) is 7.36. The number of fused-ring (bicyclic) bond motifs is 1. The van der Waals surface area contributed by atoms with Crippen molar-refractivity contribution in [3.63, 3.8) is 0 Å². The second-order valence-corrected chi connectivity index (χ2v) is 8.22. The highest BCUT2D eigenvalue weighted by molar-refractivity contribution is 9.10. The van der Waals surface area contributed by atoms with Gasteiger partial charge in [0.25, 0.3) is 5.91 Å². The molecule has 8 nitrogen and oxygen atoms in total. The van der Waals surface area contributed by atoms with Gasteiger partial charge in [-0.1, -0.05) is 12.1 Å². The zero-order valence-electron chi connectivity index (χ0n) is 18.3. The molecule has 0 aliphatic carbocycles. The van der Waals surface area contributed by atoms with Crippen molar-refractivity contribution in [3.05, 3.63) is 69.4 Å². The molecule has 2 aliphatic rings. The van der Waals surface area contributed by atoms with E-state index in [1.807, 2.05) is 25.1 Å². The van der Waals surface area contributed by atoms with Gasteiger partial charge in [-0.25, -0.2) is 0 Å². The Morgan fingerprint density at radius 1 is 1.09 bits per heavy atom. The first kappa shape index (κ1) is 22.6. The van der Waals surface area contributed by atoms with Crippen LogP contribution in [-0.4, -0.2) is 43.0 Å². The second kappa shape index (κ2) is 9.50. The van der Waals surface area contributed by atoms with Crippen molar-refractivity contribution in [1.29, 1.82) is 5.41 Å². The van der Waals surface area contributed by atoms with Crippen molar-refractivity contribution < 1.29 is 23.8 Å². The molecular formula is C24H22BrN3O5. The molecule has 0 unspecified atom stereocenters. The number of amidine groups is 2. The van der Waals surface area contributed by atoms with Gasteiger partial charge in [-0.2, -0.15) is 4.99 Å². The number of carbonyl (C=O) groups is 1. The van der Waals surface area contributed by atoms with Gasteiger partial charge in [0.1, 0.15) is 24.7 Å². The standard InChI is InChI=1S/C24H22BrN3O5/c1-14-4-6-20(21(10-14)30-3)32-9-8-31-19-7-5-16(13-18(19)25)12-17-23(26)28-22(27-24(17)29)11-15(2)33-28/h4-7,10-13,26H,8-9H2,1-3H3/b17-12-,26-23?. The molecule has 0 saturated heterocycles. The van der Waals surface area contributed by atoms with Gasteiger partial charge in [0.15, 0.2) is 23.2 Å². The summed E-state index contributed by atoms with van der Waals surface area (Å²) >= 11 is 3.50. The van der Waals surface area contributed by atoms with Crippen LogP contribution in [0.2, 0.25) is 0 Å². The van der Waals surface area contributed by atoms with Crippen LogP contribution in [0.3, 0.4) is 0 Å². The van der Waals surface area contributed by atoms with Gasteiger partial charge in [-0.15, -0.1) is 5.06 Å². The molecule has 4 rings (SSSR count). The molecule has 0 bridgehead atoms. The molecule has 0 saturated carbocycles. The summed E-state index contributed by atoms with van der Waals surface area (Å²) in [5.74, 6) is 2.31. The number of rotatable bonds is 7. The number of carbonyl (C=O) groups excluding carboxylic acids is 1. The molecule has 2 aromatic rings. The van der Waals surface area contributed by atoms with Gasteiger partial charge < -0.3 is 19.0 Å². The first-order chi connectivity index (χ1) is 15.9. The highest BCUT2D eigenvalue weighted by Gasteiger charge is 2.34. The fourth-order valence-electron chi connectivity index (χ4n) is 3.29. The van der Waals surface area contributed by atoms with Crippen LogP contribution in [-0.2, 0) is 9.63 Å². The van der Waals surface area contributed by atoms with Crippen LogP contribution in [0.15, 0.2) is 63.3 Å². The van der Waals surface area contributed by atoms with E-state index in [1.165, 1.54) is 5.06 Å². The lowest BCUT2D eigenvalue weighted by molar-refractivity contribution is -0.114. The van der Waals surface area contributed by atoms with Gasteiger partial charge in [0.2, 0.25) is 0 Å². The van der Waals surface area contributed by atoms with Crippen LogP contribution in [0.25, 0.3) is 6.08 Å². The number of aryl methyl sites for hydroxylation is 1. The minimum Gasteiger partial charge on any atom is -0.493 e. The molecule has 0 spiro atoms. The molecule has 2 heterocycles. The average molecular weight is 512 g/mol. The van der Waals surface area contributed by atoms with E-state index >= 15 is 0 Å². The number of hydrogen-bond donors (Lipinski definition) is 1. The molecular weight excluding hydrogens is 490 g/mol. The maximum Gasteiger partial charge on any atom is 0.282 e. The Labute approximate surface area is 199 Å². The van der Waals surface area contributed by atoms with E-state index in [0.29, 0.717) is 52.1 Å². The third-order valence-corrected chi connectivity index (χ3v) is 5.48. The highest BCUT2D eigenvalue weighted by Crippen LogP contribution is 2.30. The molecule has 33 heavy (non-hydrogen) atoms. The summed E-state index contributed by atoms with van der Waals surface area (Å²) < 4.78 is 17.6. The number of benzene rings is 2. The van der Waals surface area contributed by atoms with Crippen molar-refractivity contribution in [2.24, 2.45) is 4.99 Å². The summed E-state index contributed by atoms with van der Waals surface area (Å²) in [7, 11) is 1.61. The van der Waals surface area contributed by atoms with Gasteiger partial charge in [-0.05, 0) is 71.2 Å². The Morgan fingerprint density at radius 2 is 1.82 bits per heavy atom. The van der Waals surface area contributed by atoms with E-state index in [2.05, 4.69) is 20.9 Å². The summed E-state index contributed by atoms with van der Waals surface area (Å²) in [4.78, 5) is 21.8. The number of hydrogen-bond acceptors (Lipinski definition) is 6. The highest BCUT2D eigenvalue weighted by atomic mass is 79.9. The summed E-state index contributed by atoms with van der Waals surface area (Å²) in [6.07, 6.45) is 3.22. The largest absolute Gasteiger partial charge is 0.493 e. The molecule has 2 aromatic carbocycles. The van der Waals surface area contributed by atoms with E-state index < -0.39 is 5.91 Å². The van der Waals surface area contributed by atoms with Gasteiger partial charge >= 0.3 is 0 Å². The number of methoxy groups -OCH3 is 1. The summed E-state index contributed by atoms with van der Waals surface area (Å²) in [5, 5.41) is 9.54. The minimum atomic E-state index is -0.485. The predicted octanol–water partition coefficient (Wildman–Crippen LogP) is 4.67. The van der Waals surface area contributed by atoms with Crippen molar-refractivity contribution >= 4 is 39.6 Å². The zero-order chi connectivity index (χ0) is 23.5. The maximum atomic E-state index is 12.4. The SMILES string of the molecule is COc1cc(C)ccc1OCCOc1ccc(/C=C2/C(=N)N3OC(C)=CC3=NC2=O)cc1Br. The number of amides is 1. The summed E-state index contributed by atoms with van der Waals surface area (Å²) in [6, 6.07) is 11.1. The van der Waals surface area contributed by atoms with E-state index in [-0.39, 0.29) is 11.4 Å². The van der Waals surface area contributed by atoms with Gasteiger partial charge in [0, 0.05) is 6.08 Å². The molecule has 170 valence electrons. The molecule has 0 atom stereocenters. The summed E-state index contributed by atoms with van der Waals surface area (Å²) in [6.45, 7) is 4.39. The molecule has 9 heteroatoms. The van der Waals surface area contributed by atoms with Crippen LogP contribution in [0, 0.1) is 12.3 Å². The Bertz CT molecular complexity index is 1220. The topological polar surface area (TPSA) is 93.4 Å². The minimum absolute atomic E-state index is 0.0572. The number of nitrogens with zero attached hydrogens (tertiary/aromatic N) is 2.